The number of phenols is 2. The molecule has 0 spiro atoms. The number of carbonyl (C=O) groups is 2. The van der Waals surface area contributed by atoms with Gasteiger partial charge in [-0.05, 0) is 25.8 Å². The zero-order chi connectivity index (χ0) is 19.5. The lowest BCUT2D eigenvalue weighted by Crippen LogP contribution is -2.42. The van der Waals surface area contributed by atoms with E-state index in [9.17, 15) is 24.9 Å². The minimum atomic E-state index is -1.59. The summed E-state index contributed by atoms with van der Waals surface area (Å²) in [4.78, 5) is 24.9. The smallest absolute Gasteiger partial charge is 0.197 e. The van der Waals surface area contributed by atoms with E-state index in [1.165, 1.54) is 14.0 Å². The number of Topliss-reactive ketones (excluding diaryl/α,β-unsaturated/α-hetero) is 1. The molecule has 4 rings (SSSR count). The number of carbonyl (C=O) groups excluding carboxylic acids is 2. The van der Waals surface area contributed by atoms with Crippen molar-refractivity contribution in [2.24, 2.45) is 0 Å². The van der Waals surface area contributed by atoms with Gasteiger partial charge < -0.3 is 20.1 Å². The molecule has 0 unspecified atom stereocenters. The van der Waals surface area contributed by atoms with E-state index in [1.54, 1.807) is 18.2 Å². The van der Waals surface area contributed by atoms with Gasteiger partial charge in [0, 0.05) is 40.7 Å². The van der Waals surface area contributed by atoms with Crippen LogP contribution in [0.2, 0.25) is 0 Å². The first-order chi connectivity index (χ1) is 12.8. The molecular weight excluding hydrogens is 348 g/mol. The Morgan fingerprint density at radius 2 is 1.85 bits per heavy atom. The van der Waals surface area contributed by atoms with Gasteiger partial charge >= 0.3 is 0 Å². The highest BCUT2D eigenvalue weighted by Crippen LogP contribution is 2.48. The minimum Gasteiger partial charge on any atom is -0.507 e. The Bertz CT molecular complexity index is 1010. The summed E-state index contributed by atoms with van der Waals surface area (Å²) in [5.41, 5.74) is 0.654. The Balaban J connectivity index is 1.93. The molecule has 0 heterocycles. The molecule has 140 valence electrons. The predicted octanol–water partition coefficient (Wildman–Crippen LogP) is 2.05. The number of methoxy groups -OCH3 is 1. The SMILES string of the molecule is COc1cccc2c1Cc1c(O)c3c(c(O)c1C2=O)C[C@@](O)(C(C)=O)CC3. The van der Waals surface area contributed by atoms with Gasteiger partial charge in [-0.25, -0.2) is 0 Å². The number of hydrogen-bond donors (Lipinski definition) is 3. The second-order valence-electron chi connectivity index (χ2n) is 7.26. The van der Waals surface area contributed by atoms with E-state index in [2.05, 4.69) is 0 Å². The fourth-order valence-electron chi connectivity index (χ4n) is 4.23. The Labute approximate surface area is 156 Å². The summed E-state index contributed by atoms with van der Waals surface area (Å²) in [6.45, 7) is 1.30. The molecule has 0 amide bonds. The van der Waals surface area contributed by atoms with E-state index in [0.717, 1.165) is 0 Å². The number of fused-ring (bicyclic) bond motifs is 3. The van der Waals surface area contributed by atoms with Crippen LogP contribution in [0.4, 0.5) is 0 Å². The third-order valence-electron chi connectivity index (χ3n) is 5.85. The van der Waals surface area contributed by atoms with Gasteiger partial charge in [0.05, 0.1) is 12.7 Å². The number of ketones is 2. The zero-order valence-electron chi connectivity index (χ0n) is 15.1. The lowest BCUT2D eigenvalue weighted by molar-refractivity contribution is -0.136. The van der Waals surface area contributed by atoms with Crippen LogP contribution in [0.25, 0.3) is 0 Å². The van der Waals surface area contributed by atoms with Crippen molar-refractivity contribution in [3.05, 3.63) is 51.6 Å². The van der Waals surface area contributed by atoms with E-state index in [0.29, 0.717) is 28.0 Å². The lowest BCUT2D eigenvalue weighted by atomic mass is 9.73. The summed E-state index contributed by atoms with van der Waals surface area (Å²) in [6, 6.07) is 5.11. The van der Waals surface area contributed by atoms with Crippen LogP contribution in [0.15, 0.2) is 18.2 Å². The molecule has 2 aliphatic carbocycles. The first kappa shape index (κ1) is 17.5. The maximum absolute atomic E-state index is 13.1. The van der Waals surface area contributed by atoms with Crippen molar-refractivity contribution in [2.75, 3.05) is 7.11 Å². The van der Waals surface area contributed by atoms with Gasteiger partial charge in [0.25, 0.3) is 0 Å². The van der Waals surface area contributed by atoms with Crippen LogP contribution < -0.4 is 4.74 Å². The first-order valence-electron chi connectivity index (χ1n) is 8.81. The van der Waals surface area contributed by atoms with Crippen LogP contribution in [-0.4, -0.2) is 39.6 Å². The maximum atomic E-state index is 13.1. The molecule has 0 aliphatic heterocycles. The third kappa shape index (κ3) is 2.36. The molecule has 2 aromatic carbocycles. The number of ether oxygens (including phenoxy) is 1. The van der Waals surface area contributed by atoms with Crippen molar-refractivity contribution >= 4 is 11.6 Å². The molecule has 0 fully saturated rings. The molecule has 0 saturated heterocycles. The van der Waals surface area contributed by atoms with Crippen molar-refractivity contribution in [1.29, 1.82) is 0 Å². The van der Waals surface area contributed by atoms with Crippen LogP contribution >= 0.6 is 0 Å². The monoisotopic (exact) mass is 368 g/mol. The molecule has 3 N–H and O–H groups in total. The quantitative estimate of drug-likeness (QED) is 0.598. The van der Waals surface area contributed by atoms with Crippen molar-refractivity contribution in [2.45, 2.75) is 38.2 Å². The van der Waals surface area contributed by atoms with Crippen LogP contribution in [0.1, 0.15) is 51.5 Å². The Kier molecular flexibility index (Phi) is 3.78. The molecule has 0 bridgehead atoms. The van der Waals surface area contributed by atoms with Crippen LogP contribution in [0.3, 0.4) is 0 Å². The zero-order valence-corrected chi connectivity index (χ0v) is 15.1. The largest absolute Gasteiger partial charge is 0.507 e. The van der Waals surface area contributed by atoms with Gasteiger partial charge in [-0.1, -0.05) is 12.1 Å². The van der Waals surface area contributed by atoms with Crippen molar-refractivity contribution < 1.29 is 29.6 Å². The second-order valence-corrected chi connectivity index (χ2v) is 7.26. The van der Waals surface area contributed by atoms with Gasteiger partial charge in [0.15, 0.2) is 11.6 Å². The number of hydrogen-bond acceptors (Lipinski definition) is 6. The first-order valence-corrected chi connectivity index (χ1v) is 8.81. The van der Waals surface area contributed by atoms with Crippen molar-refractivity contribution in [3.8, 4) is 17.2 Å². The Morgan fingerprint density at radius 1 is 1.11 bits per heavy atom. The molecule has 6 nitrogen and oxygen atoms in total. The summed E-state index contributed by atoms with van der Waals surface area (Å²) in [7, 11) is 1.52. The summed E-state index contributed by atoms with van der Waals surface area (Å²) in [5.74, 6) is -0.554. The molecule has 0 radical (unpaired) electrons. The van der Waals surface area contributed by atoms with Crippen LogP contribution in [0, 0.1) is 0 Å². The number of phenolic OH excluding ortho intramolecular Hbond substituents is 2. The van der Waals surface area contributed by atoms with E-state index in [1.807, 2.05) is 0 Å². The number of benzene rings is 2. The maximum Gasteiger partial charge on any atom is 0.197 e. The third-order valence-corrected chi connectivity index (χ3v) is 5.85. The van der Waals surface area contributed by atoms with E-state index < -0.39 is 17.2 Å². The highest BCUT2D eigenvalue weighted by atomic mass is 16.5. The predicted molar refractivity (Wildman–Crippen MR) is 96.7 cm³/mol. The van der Waals surface area contributed by atoms with E-state index in [-0.39, 0.29) is 48.3 Å². The lowest BCUT2D eigenvalue weighted by Gasteiger charge is -2.34. The van der Waals surface area contributed by atoms with Crippen LogP contribution in [0.5, 0.6) is 17.2 Å². The average molecular weight is 368 g/mol. The fourth-order valence-corrected chi connectivity index (χ4v) is 4.23. The van der Waals surface area contributed by atoms with Gasteiger partial charge in [0.2, 0.25) is 0 Å². The highest BCUT2D eigenvalue weighted by Gasteiger charge is 2.42. The van der Waals surface area contributed by atoms with E-state index in [4.69, 9.17) is 4.74 Å². The molecule has 6 heteroatoms. The summed E-state index contributed by atoms with van der Waals surface area (Å²) >= 11 is 0. The number of rotatable bonds is 2. The molecule has 27 heavy (non-hydrogen) atoms. The van der Waals surface area contributed by atoms with Gasteiger partial charge in [-0.2, -0.15) is 0 Å². The number of aromatic hydroxyl groups is 2. The molecule has 0 aromatic heterocycles. The van der Waals surface area contributed by atoms with E-state index >= 15 is 0 Å². The topological polar surface area (TPSA) is 104 Å². The second kappa shape index (κ2) is 5.82. The molecule has 2 aliphatic rings. The van der Waals surface area contributed by atoms with Gasteiger partial charge in [-0.3, -0.25) is 9.59 Å². The standard InChI is InChI=1S/C21H20O6/c1-10(22)21(26)7-6-12-15(9-21)20(25)17-14(18(12)23)8-13-11(19(17)24)4-3-5-16(13)27-2/h3-5,23,25-26H,6-9H2,1-2H3/t21-/m1/s1. The van der Waals surface area contributed by atoms with Gasteiger partial charge in [-0.15, -0.1) is 0 Å². The summed E-state index contributed by atoms with van der Waals surface area (Å²) in [6.07, 6.45) is 0.534. The minimum absolute atomic E-state index is 0.0415. The molecule has 0 saturated carbocycles. The van der Waals surface area contributed by atoms with Crippen LogP contribution in [-0.2, 0) is 24.1 Å². The molecule has 1 atom stereocenters. The highest BCUT2D eigenvalue weighted by molar-refractivity contribution is 6.15. The Hall–Kier alpha value is -2.86. The van der Waals surface area contributed by atoms with Gasteiger partial charge in [0.1, 0.15) is 22.8 Å². The molecule has 2 aromatic rings. The fraction of sp³-hybridized carbons (Fsp3) is 0.333. The number of aliphatic hydroxyl groups is 1. The normalized spacial score (nSPS) is 20.5. The van der Waals surface area contributed by atoms with Crippen molar-refractivity contribution in [1.82, 2.24) is 0 Å². The summed E-state index contributed by atoms with van der Waals surface area (Å²) in [5, 5.41) is 32.3. The average Bonchev–Trinajstić information content (AvgIpc) is 2.65. The summed E-state index contributed by atoms with van der Waals surface area (Å²) < 4.78 is 5.35. The Morgan fingerprint density at radius 3 is 2.52 bits per heavy atom. The molecular formula is C21H20O6. The van der Waals surface area contributed by atoms with Crippen molar-refractivity contribution in [3.63, 3.8) is 0 Å².